The Bertz CT molecular complexity index is 420. The van der Waals surface area contributed by atoms with Gasteiger partial charge in [0, 0.05) is 12.5 Å². The van der Waals surface area contributed by atoms with E-state index < -0.39 is 55.3 Å². The summed E-state index contributed by atoms with van der Waals surface area (Å²) in [5, 5.41) is 17.8. The van der Waals surface area contributed by atoms with E-state index in [1.165, 1.54) is 0 Å². The molecule has 1 saturated heterocycles. The van der Waals surface area contributed by atoms with Crippen molar-refractivity contribution >= 4 is 11.9 Å². The minimum Gasteiger partial charge on any atom is -0.481 e. The van der Waals surface area contributed by atoms with Crippen molar-refractivity contribution in [1.82, 2.24) is 4.90 Å². The number of halogens is 6. The number of carbonyl (C=O) groups excluding carboxylic acids is 1. The van der Waals surface area contributed by atoms with Gasteiger partial charge in [-0.2, -0.15) is 26.3 Å². The predicted molar refractivity (Wildman–Crippen MR) is 49.4 cm³/mol. The molecule has 0 saturated carbocycles. The normalized spacial score (nSPS) is 27.8. The number of hydrogen-bond acceptors (Lipinski definition) is 3. The van der Waals surface area contributed by atoms with Crippen LogP contribution in [0.3, 0.4) is 0 Å². The van der Waals surface area contributed by atoms with Gasteiger partial charge in [0.05, 0.1) is 13.0 Å². The maximum Gasteiger partial charge on any atom is 0.471 e. The summed E-state index contributed by atoms with van der Waals surface area (Å²) in [4.78, 5) is 21.2. The third kappa shape index (κ3) is 3.14. The molecule has 0 bridgehead atoms. The molecule has 2 N–H and O–H groups in total. The van der Waals surface area contributed by atoms with Crippen LogP contribution in [0.1, 0.15) is 12.8 Å². The summed E-state index contributed by atoms with van der Waals surface area (Å²) in [7, 11) is 0. The van der Waals surface area contributed by atoms with Crippen molar-refractivity contribution in [3.63, 3.8) is 0 Å². The number of β-amino-alcohol motifs (C(OH)–C–C–N with tert-alkyl or cyclic N) is 1. The average Bonchev–Trinajstić information content (AvgIpc) is 2.52. The fourth-order valence-electron chi connectivity index (χ4n) is 1.97. The molecule has 0 aliphatic carbocycles. The summed E-state index contributed by atoms with van der Waals surface area (Å²) >= 11 is 0. The lowest BCUT2D eigenvalue weighted by Gasteiger charge is -2.26. The zero-order valence-electron chi connectivity index (χ0n) is 9.62. The summed E-state index contributed by atoms with van der Waals surface area (Å²) in [6.45, 7) is -1.65. The van der Waals surface area contributed by atoms with Gasteiger partial charge in [0.1, 0.15) is 0 Å². The van der Waals surface area contributed by atoms with Crippen LogP contribution in [0.25, 0.3) is 0 Å². The molecule has 2 unspecified atom stereocenters. The van der Waals surface area contributed by atoms with Gasteiger partial charge >= 0.3 is 24.2 Å². The number of carbonyl (C=O) groups is 2. The summed E-state index contributed by atoms with van der Waals surface area (Å²) < 4.78 is 74.5. The first-order valence-corrected chi connectivity index (χ1v) is 5.16. The summed E-state index contributed by atoms with van der Waals surface area (Å²) in [6, 6.07) is -1.88. The van der Waals surface area contributed by atoms with Crippen molar-refractivity contribution in [2.24, 2.45) is 0 Å². The number of hydrogen-bond donors (Lipinski definition) is 2. The molecule has 1 rings (SSSR count). The van der Waals surface area contributed by atoms with Gasteiger partial charge in [0.25, 0.3) is 0 Å². The topological polar surface area (TPSA) is 77.8 Å². The van der Waals surface area contributed by atoms with Crippen molar-refractivity contribution in [3.8, 4) is 0 Å². The zero-order valence-corrected chi connectivity index (χ0v) is 9.62. The minimum atomic E-state index is -5.45. The second-order valence-corrected chi connectivity index (χ2v) is 4.42. The molecule has 116 valence electrons. The fourth-order valence-corrected chi connectivity index (χ4v) is 1.97. The Morgan fingerprint density at radius 2 is 1.70 bits per heavy atom. The molecule has 11 heteroatoms. The van der Waals surface area contributed by atoms with Crippen LogP contribution in [0.5, 0.6) is 0 Å². The lowest BCUT2D eigenvalue weighted by atomic mass is 9.98. The largest absolute Gasteiger partial charge is 0.481 e. The Morgan fingerprint density at radius 3 is 2.05 bits per heavy atom. The van der Waals surface area contributed by atoms with Crippen LogP contribution in [0, 0.1) is 0 Å². The Kier molecular flexibility index (Phi) is 3.96. The molecule has 1 aliphatic rings. The number of rotatable bonds is 2. The Hall–Kier alpha value is -1.52. The van der Waals surface area contributed by atoms with Crippen LogP contribution in [0.4, 0.5) is 26.3 Å². The molecule has 1 aliphatic heterocycles. The van der Waals surface area contributed by atoms with Crippen LogP contribution in [-0.4, -0.2) is 57.5 Å². The van der Waals surface area contributed by atoms with Gasteiger partial charge in [-0.3, -0.25) is 9.59 Å². The van der Waals surface area contributed by atoms with Gasteiger partial charge in [0.15, 0.2) is 5.60 Å². The Morgan fingerprint density at radius 1 is 1.20 bits per heavy atom. The molecule has 1 fully saturated rings. The zero-order chi connectivity index (χ0) is 15.9. The number of nitrogens with zero attached hydrogens (tertiary/aromatic N) is 1. The average molecular weight is 309 g/mol. The van der Waals surface area contributed by atoms with Crippen molar-refractivity contribution in [3.05, 3.63) is 0 Å². The van der Waals surface area contributed by atoms with E-state index in [1.54, 1.807) is 0 Å². The molecular formula is C9H9F6NO4. The number of aliphatic carboxylic acids is 1. The SMILES string of the molecule is O=C(O)CC1CC(O)(C(F)(F)F)CN1C(=O)C(F)(F)F. The smallest absolute Gasteiger partial charge is 0.471 e. The van der Waals surface area contributed by atoms with Gasteiger partial charge in [0.2, 0.25) is 0 Å². The maximum atomic E-state index is 12.6. The molecule has 1 amide bonds. The summed E-state index contributed by atoms with van der Waals surface area (Å²) in [5.41, 5.74) is -3.55. The van der Waals surface area contributed by atoms with Gasteiger partial charge in [-0.15, -0.1) is 0 Å². The molecule has 0 radical (unpaired) electrons. The van der Waals surface area contributed by atoms with E-state index in [2.05, 4.69) is 0 Å². The van der Waals surface area contributed by atoms with E-state index in [9.17, 15) is 41.0 Å². The van der Waals surface area contributed by atoms with Crippen molar-refractivity contribution < 1.29 is 46.1 Å². The second-order valence-electron chi connectivity index (χ2n) is 4.42. The van der Waals surface area contributed by atoms with Crippen LogP contribution in [0.15, 0.2) is 0 Å². The van der Waals surface area contributed by atoms with Gasteiger partial charge < -0.3 is 15.1 Å². The molecule has 0 aromatic rings. The van der Waals surface area contributed by atoms with Crippen LogP contribution in [-0.2, 0) is 9.59 Å². The van der Waals surface area contributed by atoms with Crippen LogP contribution in [0.2, 0.25) is 0 Å². The molecule has 5 nitrogen and oxygen atoms in total. The number of likely N-dealkylation sites (tertiary alicyclic amines) is 1. The number of aliphatic hydroxyl groups is 1. The lowest BCUT2D eigenvalue weighted by molar-refractivity contribution is -0.254. The standard InChI is InChI=1S/C9H9F6NO4/c10-8(11,12)6(19)16-3-7(20,9(13,14)15)2-4(16)1-5(17)18/h4,20H,1-3H2,(H,17,18). The van der Waals surface area contributed by atoms with E-state index in [0.717, 1.165) is 0 Å². The lowest BCUT2D eigenvalue weighted by Crippen LogP contribution is -2.50. The first kappa shape index (κ1) is 16.5. The number of amides is 1. The van der Waals surface area contributed by atoms with Gasteiger partial charge in [-0.05, 0) is 0 Å². The highest BCUT2D eigenvalue weighted by molar-refractivity contribution is 5.83. The Labute approximate surface area is 107 Å². The molecular weight excluding hydrogens is 300 g/mol. The molecule has 0 aromatic carbocycles. The quantitative estimate of drug-likeness (QED) is 0.744. The molecule has 0 spiro atoms. The third-order valence-corrected chi connectivity index (χ3v) is 2.89. The monoisotopic (exact) mass is 309 g/mol. The number of carboxylic acids is 1. The Balaban J connectivity index is 3.07. The van der Waals surface area contributed by atoms with E-state index >= 15 is 0 Å². The van der Waals surface area contributed by atoms with Crippen LogP contribution < -0.4 is 0 Å². The molecule has 20 heavy (non-hydrogen) atoms. The first-order chi connectivity index (χ1) is 8.78. The van der Waals surface area contributed by atoms with Gasteiger partial charge in [-0.25, -0.2) is 0 Å². The molecule has 2 atom stereocenters. The third-order valence-electron chi connectivity index (χ3n) is 2.89. The van der Waals surface area contributed by atoms with Crippen molar-refractivity contribution in [2.45, 2.75) is 36.8 Å². The summed E-state index contributed by atoms with van der Waals surface area (Å²) in [5.74, 6) is -4.29. The maximum absolute atomic E-state index is 12.6. The van der Waals surface area contributed by atoms with Crippen molar-refractivity contribution in [1.29, 1.82) is 0 Å². The first-order valence-electron chi connectivity index (χ1n) is 5.16. The minimum absolute atomic E-state index is 0.290. The highest BCUT2D eigenvalue weighted by Gasteiger charge is 2.63. The number of alkyl halides is 6. The number of carboxylic acid groups (broad SMARTS) is 1. The predicted octanol–water partition coefficient (Wildman–Crippen LogP) is 0.918. The van der Waals surface area contributed by atoms with Gasteiger partial charge in [-0.1, -0.05) is 0 Å². The molecule has 1 heterocycles. The fraction of sp³-hybridized carbons (Fsp3) is 0.778. The summed E-state index contributed by atoms with van der Waals surface area (Å²) in [6.07, 6.45) is -13.2. The molecule has 0 aromatic heterocycles. The highest BCUT2D eigenvalue weighted by atomic mass is 19.4. The van der Waals surface area contributed by atoms with Crippen LogP contribution >= 0.6 is 0 Å². The van der Waals surface area contributed by atoms with E-state index in [-0.39, 0.29) is 4.90 Å². The van der Waals surface area contributed by atoms with E-state index in [0.29, 0.717) is 0 Å². The van der Waals surface area contributed by atoms with Crippen molar-refractivity contribution in [2.75, 3.05) is 6.54 Å². The second kappa shape index (κ2) is 4.79. The van der Waals surface area contributed by atoms with E-state index in [4.69, 9.17) is 5.11 Å². The van der Waals surface area contributed by atoms with E-state index in [1.807, 2.05) is 0 Å². The highest BCUT2D eigenvalue weighted by Crippen LogP contribution is 2.42.